The number of methoxy groups -OCH3 is 1. The molecule has 0 atom stereocenters. The van der Waals surface area contributed by atoms with Gasteiger partial charge in [-0.05, 0) is 56.2 Å². The summed E-state index contributed by atoms with van der Waals surface area (Å²) in [4.78, 5) is 16.4. The van der Waals surface area contributed by atoms with E-state index < -0.39 is 11.4 Å². The minimum absolute atomic E-state index is 0.0563. The number of rotatable bonds is 10. The molecule has 1 aromatic carbocycles. The second kappa shape index (κ2) is 11.3. The Bertz CT molecular complexity index is 1500. The van der Waals surface area contributed by atoms with Crippen LogP contribution in [0.3, 0.4) is 0 Å². The number of carboxylic acid groups (broad SMARTS) is 1. The summed E-state index contributed by atoms with van der Waals surface area (Å²) >= 11 is 6.35. The van der Waals surface area contributed by atoms with E-state index in [1.807, 2.05) is 35.3 Å². The van der Waals surface area contributed by atoms with E-state index in [1.165, 1.54) is 0 Å². The fourth-order valence-electron chi connectivity index (χ4n) is 5.71. The van der Waals surface area contributed by atoms with Crippen molar-refractivity contribution in [3.05, 3.63) is 46.9 Å². The number of nitrogens with one attached hydrogen (secondary N) is 1. The second-order valence-corrected chi connectivity index (χ2v) is 10.8. The molecule has 0 amide bonds. The first-order valence-electron chi connectivity index (χ1n) is 13.4. The fourth-order valence-corrected chi connectivity index (χ4v) is 5.99. The van der Waals surface area contributed by atoms with Crippen LogP contribution < -0.4 is 15.8 Å². The molecule has 0 spiro atoms. The van der Waals surface area contributed by atoms with Crippen molar-refractivity contribution in [2.75, 3.05) is 12.4 Å². The Kier molecular flexibility index (Phi) is 7.86. The van der Waals surface area contributed by atoms with Crippen LogP contribution in [0.2, 0.25) is 5.02 Å². The largest absolute Gasteiger partial charge is 0.495 e. The van der Waals surface area contributed by atoms with Crippen molar-refractivity contribution >= 4 is 45.2 Å². The first kappa shape index (κ1) is 27.1. The lowest BCUT2D eigenvalue weighted by molar-refractivity contribution is -0.137. The summed E-state index contributed by atoms with van der Waals surface area (Å²) in [5, 5.41) is 30.2. The predicted molar refractivity (Wildman–Crippen MR) is 151 cm³/mol. The van der Waals surface area contributed by atoms with Crippen molar-refractivity contribution in [1.82, 2.24) is 25.0 Å². The summed E-state index contributed by atoms with van der Waals surface area (Å²) in [6, 6.07) is 5.75. The number of carbonyl (C=O) groups is 1. The van der Waals surface area contributed by atoms with Gasteiger partial charge in [-0.2, -0.15) is 10.2 Å². The van der Waals surface area contributed by atoms with E-state index >= 15 is 0 Å². The van der Waals surface area contributed by atoms with E-state index in [2.05, 4.69) is 22.4 Å². The van der Waals surface area contributed by atoms with Crippen molar-refractivity contribution in [2.45, 2.75) is 76.4 Å². The zero-order chi connectivity index (χ0) is 27.6. The zero-order valence-electron chi connectivity index (χ0n) is 22.3. The van der Waals surface area contributed by atoms with E-state index in [4.69, 9.17) is 32.2 Å². The maximum atomic E-state index is 11.6. The molecule has 3 aromatic heterocycles. The molecule has 0 bridgehead atoms. The average molecular weight is 552 g/mol. The van der Waals surface area contributed by atoms with Gasteiger partial charge < -0.3 is 20.9 Å². The van der Waals surface area contributed by atoms with Crippen LogP contribution in [0.4, 0.5) is 5.82 Å². The maximum absolute atomic E-state index is 11.6. The second-order valence-electron chi connectivity index (χ2n) is 10.4. The van der Waals surface area contributed by atoms with Crippen LogP contribution in [0.15, 0.2) is 30.6 Å². The normalized spacial score (nSPS) is 19.4. The number of nitrogens with two attached hydrogens (primary N) is 1. The minimum Gasteiger partial charge on any atom is -0.495 e. The van der Waals surface area contributed by atoms with Gasteiger partial charge in [-0.3, -0.25) is 4.79 Å². The molecule has 0 saturated heterocycles. The molecule has 0 aliphatic heterocycles. The first-order valence-corrected chi connectivity index (χ1v) is 13.8. The standard InChI is InChI=1S/C28H34ClN7O3/c1-3-12-36-27-20(16-33-36)24-19(15-32-27)25(28(11-8-23(37)38)9-6-18(30)7-10-28)34-35-26(24)31-14-17-4-5-22(39-2)21(29)13-17/h4-5,13,15-16,18H,3,6-12,14,30H2,1-2H3,(H,31,35)(H,37,38). The number of aliphatic carboxylic acids is 1. The van der Waals surface area contributed by atoms with Gasteiger partial charge in [-0.15, -0.1) is 5.10 Å². The van der Waals surface area contributed by atoms with Gasteiger partial charge in [0.1, 0.15) is 5.75 Å². The molecule has 1 aliphatic carbocycles. The van der Waals surface area contributed by atoms with Gasteiger partial charge in [-0.25, -0.2) is 9.67 Å². The summed E-state index contributed by atoms with van der Waals surface area (Å²) < 4.78 is 7.18. The molecule has 10 nitrogen and oxygen atoms in total. The Balaban J connectivity index is 1.63. The molecule has 1 aliphatic rings. The highest BCUT2D eigenvalue weighted by molar-refractivity contribution is 6.32. The molecule has 0 radical (unpaired) electrons. The summed E-state index contributed by atoms with van der Waals surface area (Å²) in [5.41, 5.74) is 8.36. The van der Waals surface area contributed by atoms with Crippen LogP contribution in [0.5, 0.6) is 5.75 Å². The Hall–Kier alpha value is -3.50. The van der Waals surface area contributed by atoms with Crippen LogP contribution in [0, 0.1) is 0 Å². The monoisotopic (exact) mass is 551 g/mol. The van der Waals surface area contributed by atoms with Gasteiger partial charge in [0.05, 0.1) is 29.4 Å². The van der Waals surface area contributed by atoms with E-state index in [9.17, 15) is 9.90 Å². The number of pyridine rings is 1. The van der Waals surface area contributed by atoms with Gasteiger partial charge in [0.15, 0.2) is 11.5 Å². The topological polar surface area (TPSA) is 141 Å². The third-order valence-corrected chi connectivity index (χ3v) is 8.12. The highest BCUT2D eigenvalue weighted by Gasteiger charge is 2.39. The number of halogens is 1. The molecule has 39 heavy (non-hydrogen) atoms. The summed E-state index contributed by atoms with van der Waals surface area (Å²) in [6.07, 6.45) is 8.28. The number of hydrogen-bond acceptors (Lipinski definition) is 8. The molecule has 4 aromatic rings. The minimum atomic E-state index is -0.820. The SMILES string of the molecule is CCCn1ncc2c3c(NCc4ccc(OC)c(Cl)c4)nnc(C4(CCC(=O)O)CCC(N)CC4)c3cnc21. The quantitative estimate of drug-likeness (QED) is 0.246. The molecule has 1 fully saturated rings. The van der Waals surface area contributed by atoms with E-state index in [0.717, 1.165) is 71.7 Å². The molecule has 206 valence electrons. The van der Waals surface area contributed by atoms with Crippen LogP contribution in [0.1, 0.15) is 63.1 Å². The number of anilines is 1. The molecule has 5 rings (SSSR count). The molecule has 0 unspecified atom stereocenters. The maximum Gasteiger partial charge on any atom is 0.303 e. The van der Waals surface area contributed by atoms with Crippen LogP contribution >= 0.6 is 11.6 Å². The number of benzene rings is 1. The summed E-state index contributed by atoms with van der Waals surface area (Å²) in [6.45, 7) is 3.32. The Labute approximate surface area is 231 Å². The smallest absolute Gasteiger partial charge is 0.303 e. The fraction of sp³-hybridized carbons (Fsp3) is 0.464. The van der Waals surface area contributed by atoms with Gasteiger partial charge in [0.2, 0.25) is 0 Å². The third kappa shape index (κ3) is 5.35. The number of hydrogen-bond donors (Lipinski definition) is 3. The molecule has 4 N–H and O–H groups in total. The van der Waals surface area contributed by atoms with E-state index in [-0.39, 0.29) is 12.5 Å². The van der Waals surface area contributed by atoms with Gasteiger partial charge in [0, 0.05) is 47.9 Å². The highest BCUT2D eigenvalue weighted by Crippen LogP contribution is 2.45. The van der Waals surface area contributed by atoms with Crippen molar-refractivity contribution in [1.29, 1.82) is 0 Å². The van der Waals surface area contributed by atoms with E-state index in [0.29, 0.717) is 29.6 Å². The third-order valence-electron chi connectivity index (χ3n) is 7.83. The van der Waals surface area contributed by atoms with Crippen LogP contribution in [0.25, 0.3) is 21.8 Å². The lowest BCUT2D eigenvalue weighted by Crippen LogP contribution is -2.38. The average Bonchev–Trinajstić information content (AvgIpc) is 3.35. The van der Waals surface area contributed by atoms with Gasteiger partial charge in [-0.1, -0.05) is 24.6 Å². The summed E-state index contributed by atoms with van der Waals surface area (Å²) in [7, 11) is 1.59. The number of ether oxygens (including phenoxy) is 1. The number of carboxylic acids is 1. The highest BCUT2D eigenvalue weighted by atomic mass is 35.5. The van der Waals surface area contributed by atoms with Crippen molar-refractivity contribution < 1.29 is 14.6 Å². The molecular weight excluding hydrogens is 518 g/mol. The molecule has 11 heteroatoms. The Morgan fingerprint density at radius 1 is 1.26 bits per heavy atom. The van der Waals surface area contributed by atoms with Crippen molar-refractivity contribution in [3.8, 4) is 5.75 Å². The van der Waals surface area contributed by atoms with Crippen LogP contribution in [-0.4, -0.2) is 49.2 Å². The summed E-state index contributed by atoms with van der Waals surface area (Å²) in [5.74, 6) is 0.411. The van der Waals surface area contributed by atoms with E-state index in [1.54, 1.807) is 7.11 Å². The number of aromatic nitrogens is 5. The molecular formula is C28H34ClN7O3. The van der Waals surface area contributed by atoms with Gasteiger partial charge in [0.25, 0.3) is 0 Å². The van der Waals surface area contributed by atoms with Gasteiger partial charge >= 0.3 is 5.97 Å². The lowest BCUT2D eigenvalue weighted by atomic mass is 9.67. The Morgan fingerprint density at radius 3 is 2.74 bits per heavy atom. The zero-order valence-corrected chi connectivity index (χ0v) is 23.0. The van der Waals surface area contributed by atoms with Crippen molar-refractivity contribution in [3.63, 3.8) is 0 Å². The molecule has 3 heterocycles. The first-order chi connectivity index (χ1) is 18.8. The Morgan fingerprint density at radius 2 is 2.05 bits per heavy atom. The number of nitrogens with zero attached hydrogens (tertiary/aromatic N) is 5. The number of aryl methyl sites for hydroxylation is 1. The predicted octanol–water partition coefficient (Wildman–Crippen LogP) is 5.06. The number of fused-ring (bicyclic) bond motifs is 3. The lowest BCUT2D eigenvalue weighted by Gasteiger charge is -2.39. The molecule has 1 saturated carbocycles. The van der Waals surface area contributed by atoms with Crippen molar-refractivity contribution in [2.24, 2.45) is 5.73 Å². The van der Waals surface area contributed by atoms with Crippen LogP contribution in [-0.2, 0) is 23.3 Å².